The number of aliphatic hydroxyl groups excluding tert-OH is 1. The summed E-state index contributed by atoms with van der Waals surface area (Å²) in [6.07, 6.45) is 1.67. The monoisotopic (exact) mass is 215 g/mol. The Balaban J connectivity index is 2.46. The van der Waals surface area contributed by atoms with E-state index in [9.17, 15) is 4.79 Å². The third kappa shape index (κ3) is 3.06. The minimum absolute atomic E-state index is 0.112. The van der Waals surface area contributed by atoms with E-state index >= 15 is 0 Å². The Morgan fingerprint density at radius 1 is 1.71 bits per heavy atom. The first-order valence-corrected chi connectivity index (χ1v) is 5.08. The van der Waals surface area contributed by atoms with Gasteiger partial charge in [0.1, 0.15) is 0 Å². The molecule has 1 aromatic heterocycles. The predicted molar refractivity (Wildman–Crippen MR) is 54.3 cm³/mol. The van der Waals surface area contributed by atoms with Crippen LogP contribution in [0.5, 0.6) is 0 Å². The summed E-state index contributed by atoms with van der Waals surface area (Å²) in [5, 5.41) is 14.5. The SMILES string of the molecule is CNC(=O)c1ncc(CNCCO)s1. The molecule has 1 aromatic rings. The first kappa shape index (κ1) is 11.1. The summed E-state index contributed by atoms with van der Waals surface area (Å²) in [5.41, 5.74) is 0. The molecule has 0 aliphatic rings. The van der Waals surface area contributed by atoms with Crippen molar-refractivity contribution >= 4 is 17.2 Å². The van der Waals surface area contributed by atoms with E-state index in [4.69, 9.17) is 5.11 Å². The van der Waals surface area contributed by atoms with Gasteiger partial charge in [0.05, 0.1) is 6.61 Å². The van der Waals surface area contributed by atoms with Crippen molar-refractivity contribution in [2.45, 2.75) is 6.54 Å². The quantitative estimate of drug-likeness (QED) is 0.583. The number of nitrogens with one attached hydrogen (secondary N) is 2. The molecule has 0 bridgehead atoms. The van der Waals surface area contributed by atoms with Crippen molar-refractivity contribution in [2.75, 3.05) is 20.2 Å². The summed E-state index contributed by atoms with van der Waals surface area (Å²) in [6.45, 7) is 1.30. The minimum atomic E-state index is -0.164. The highest BCUT2D eigenvalue weighted by atomic mass is 32.1. The lowest BCUT2D eigenvalue weighted by molar-refractivity contribution is 0.0962. The number of rotatable bonds is 5. The molecule has 5 nitrogen and oxygen atoms in total. The molecular formula is C8H13N3O2S. The Kier molecular flexibility index (Phi) is 4.51. The van der Waals surface area contributed by atoms with Crippen LogP contribution in [0.15, 0.2) is 6.20 Å². The van der Waals surface area contributed by atoms with E-state index in [0.717, 1.165) is 4.88 Å². The first-order chi connectivity index (χ1) is 6.77. The summed E-state index contributed by atoms with van der Waals surface area (Å²) in [4.78, 5) is 16.1. The van der Waals surface area contributed by atoms with Crippen molar-refractivity contribution in [3.8, 4) is 0 Å². The largest absolute Gasteiger partial charge is 0.395 e. The molecule has 78 valence electrons. The number of carbonyl (C=O) groups excluding carboxylic acids is 1. The van der Waals surface area contributed by atoms with Crippen molar-refractivity contribution in [3.05, 3.63) is 16.1 Å². The third-order valence-electron chi connectivity index (χ3n) is 1.56. The fourth-order valence-corrected chi connectivity index (χ4v) is 1.72. The second-order valence-corrected chi connectivity index (χ2v) is 3.73. The van der Waals surface area contributed by atoms with Gasteiger partial charge in [-0.25, -0.2) is 4.98 Å². The molecule has 1 rings (SSSR count). The average molecular weight is 215 g/mol. The Labute approximate surface area is 86.2 Å². The van der Waals surface area contributed by atoms with Crippen LogP contribution in [0.3, 0.4) is 0 Å². The Morgan fingerprint density at radius 3 is 3.14 bits per heavy atom. The fraction of sp³-hybridized carbons (Fsp3) is 0.500. The van der Waals surface area contributed by atoms with Gasteiger partial charge in [-0.3, -0.25) is 4.79 Å². The van der Waals surface area contributed by atoms with Gasteiger partial charge >= 0.3 is 0 Å². The maximum absolute atomic E-state index is 11.1. The van der Waals surface area contributed by atoms with Gasteiger partial charge in [-0.15, -0.1) is 11.3 Å². The van der Waals surface area contributed by atoms with Gasteiger partial charge < -0.3 is 15.7 Å². The minimum Gasteiger partial charge on any atom is -0.395 e. The molecule has 0 saturated carbocycles. The van der Waals surface area contributed by atoms with Crippen LogP contribution in [0.25, 0.3) is 0 Å². The lowest BCUT2D eigenvalue weighted by atomic mass is 10.5. The van der Waals surface area contributed by atoms with Crippen LogP contribution < -0.4 is 10.6 Å². The van der Waals surface area contributed by atoms with Gasteiger partial charge in [-0.2, -0.15) is 0 Å². The molecule has 0 radical (unpaired) electrons. The summed E-state index contributed by atoms with van der Waals surface area (Å²) >= 11 is 1.35. The number of thiazole rings is 1. The maximum atomic E-state index is 11.1. The predicted octanol–water partition coefficient (Wildman–Crippen LogP) is -0.415. The number of carbonyl (C=O) groups is 1. The van der Waals surface area contributed by atoms with Gasteiger partial charge in [0.15, 0.2) is 5.01 Å². The lowest BCUT2D eigenvalue weighted by Gasteiger charge is -1.97. The van der Waals surface area contributed by atoms with Crippen molar-refractivity contribution in [1.82, 2.24) is 15.6 Å². The fourth-order valence-electron chi connectivity index (χ4n) is 0.892. The highest BCUT2D eigenvalue weighted by Gasteiger charge is 2.08. The van der Waals surface area contributed by atoms with Crippen LogP contribution in [0.4, 0.5) is 0 Å². The highest BCUT2D eigenvalue weighted by molar-refractivity contribution is 7.13. The Hall–Kier alpha value is -0.980. The van der Waals surface area contributed by atoms with Gasteiger partial charge in [0, 0.05) is 31.2 Å². The summed E-state index contributed by atoms with van der Waals surface area (Å²) in [6, 6.07) is 0. The first-order valence-electron chi connectivity index (χ1n) is 4.26. The van der Waals surface area contributed by atoms with E-state index < -0.39 is 0 Å². The van der Waals surface area contributed by atoms with Crippen LogP contribution in [0.1, 0.15) is 14.7 Å². The van der Waals surface area contributed by atoms with E-state index in [0.29, 0.717) is 18.1 Å². The molecule has 6 heteroatoms. The topological polar surface area (TPSA) is 74.2 Å². The molecule has 0 spiro atoms. The summed E-state index contributed by atoms with van der Waals surface area (Å²) < 4.78 is 0. The van der Waals surface area contributed by atoms with Crippen molar-refractivity contribution in [2.24, 2.45) is 0 Å². The second-order valence-electron chi connectivity index (χ2n) is 2.61. The van der Waals surface area contributed by atoms with Gasteiger partial charge in [-0.05, 0) is 0 Å². The van der Waals surface area contributed by atoms with Crippen molar-refractivity contribution < 1.29 is 9.90 Å². The van der Waals surface area contributed by atoms with Crippen LogP contribution in [0, 0.1) is 0 Å². The van der Waals surface area contributed by atoms with E-state index in [-0.39, 0.29) is 12.5 Å². The van der Waals surface area contributed by atoms with Crippen LogP contribution >= 0.6 is 11.3 Å². The number of aliphatic hydroxyl groups is 1. The number of nitrogens with zero attached hydrogens (tertiary/aromatic N) is 1. The number of hydrogen-bond acceptors (Lipinski definition) is 5. The molecule has 1 heterocycles. The summed E-state index contributed by atoms with van der Waals surface area (Å²) in [5.74, 6) is -0.164. The highest BCUT2D eigenvalue weighted by Crippen LogP contribution is 2.11. The molecule has 1 amide bonds. The molecule has 0 aliphatic heterocycles. The number of hydrogen-bond donors (Lipinski definition) is 3. The zero-order valence-electron chi connectivity index (χ0n) is 7.91. The lowest BCUT2D eigenvalue weighted by Crippen LogP contribution is -2.17. The van der Waals surface area contributed by atoms with Crippen LogP contribution in [-0.4, -0.2) is 36.2 Å². The molecule has 14 heavy (non-hydrogen) atoms. The smallest absolute Gasteiger partial charge is 0.280 e. The van der Waals surface area contributed by atoms with E-state index in [2.05, 4.69) is 15.6 Å². The molecule has 0 unspecified atom stereocenters. The zero-order valence-corrected chi connectivity index (χ0v) is 8.73. The molecular weight excluding hydrogens is 202 g/mol. The van der Waals surface area contributed by atoms with Crippen molar-refractivity contribution in [3.63, 3.8) is 0 Å². The van der Waals surface area contributed by atoms with Gasteiger partial charge in [0.2, 0.25) is 0 Å². The normalized spacial score (nSPS) is 10.1. The van der Waals surface area contributed by atoms with Crippen LogP contribution in [0.2, 0.25) is 0 Å². The molecule has 0 aromatic carbocycles. The standard InChI is InChI=1S/C8H13N3O2S/c1-9-7(13)8-11-5-6(14-8)4-10-2-3-12/h5,10,12H,2-4H2,1H3,(H,9,13). The molecule has 0 saturated heterocycles. The maximum Gasteiger partial charge on any atom is 0.280 e. The molecule has 0 fully saturated rings. The Morgan fingerprint density at radius 2 is 2.50 bits per heavy atom. The van der Waals surface area contributed by atoms with E-state index in [1.54, 1.807) is 13.2 Å². The van der Waals surface area contributed by atoms with Crippen LogP contribution in [-0.2, 0) is 6.54 Å². The second kappa shape index (κ2) is 5.69. The average Bonchev–Trinajstić information content (AvgIpc) is 2.66. The number of aromatic nitrogens is 1. The molecule has 3 N–H and O–H groups in total. The molecule has 0 atom stereocenters. The Bertz CT molecular complexity index is 301. The van der Waals surface area contributed by atoms with Gasteiger partial charge in [0.25, 0.3) is 5.91 Å². The van der Waals surface area contributed by atoms with E-state index in [1.165, 1.54) is 11.3 Å². The summed E-state index contributed by atoms with van der Waals surface area (Å²) in [7, 11) is 1.58. The zero-order chi connectivity index (χ0) is 10.4. The van der Waals surface area contributed by atoms with Gasteiger partial charge in [-0.1, -0.05) is 0 Å². The third-order valence-corrected chi connectivity index (χ3v) is 2.56. The molecule has 0 aliphatic carbocycles. The number of amides is 1. The van der Waals surface area contributed by atoms with Crippen molar-refractivity contribution in [1.29, 1.82) is 0 Å². The van der Waals surface area contributed by atoms with E-state index in [1.807, 2.05) is 0 Å².